The number of aromatic nitrogens is 1. The van der Waals surface area contributed by atoms with Crippen LogP contribution >= 0.6 is 11.8 Å². The molecule has 27 nitrogen and oxygen atoms in total. The van der Waals surface area contributed by atoms with Crippen molar-refractivity contribution in [2.45, 2.75) is 110 Å². The Bertz CT molecular complexity index is 3180. The van der Waals surface area contributed by atoms with Gasteiger partial charge in [-0.3, -0.25) is 43.7 Å². The number of carbonyl (C=O) groups excluding carboxylic acids is 8. The van der Waals surface area contributed by atoms with E-state index in [4.69, 9.17) is 29.4 Å². The number of aliphatic hydroxyl groups is 2. The third-order valence-corrected chi connectivity index (χ3v) is 15.4. The SMILES string of the molecule is C[C@H](NC(=O)[C@H](C)NC(O)OCc1ccccc1)C(=O)N[C@@H](CC(N)=O)C(=O)NCCCN(C(=O)CSC[C@H](NC(=O)CCOCCOCCOCCOCCNC(=O)CN1C(=O)C=CC1O)C(=O)O)[C@@H](c1cc(-c2cc(F)ccc2F)cn1Cc1ccccc1)C(C)(C)C. The second-order valence-electron chi connectivity index (χ2n) is 23.2. The second kappa shape index (κ2) is 40.3. The summed E-state index contributed by atoms with van der Waals surface area (Å²) in [6, 6.07) is 17.0. The van der Waals surface area contributed by atoms with Crippen LogP contribution in [0.15, 0.2) is 103 Å². The summed E-state index contributed by atoms with van der Waals surface area (Å²) in [4.78, 5) is 119. The number of carboxylic acid groups (broad SMARTS) is 1. The molecule has 11 N–H and O–H groups in total. The summed E-state index contributed by atoms with van der Waals surface area (Å²) in [5.74, 6) is -8.58. The Morgan fingerprint density at radius 3 is 1.97 bits per heavy atom. The van der Waals surface area contributed by atoms with E-state index in [1.165, 1.54) is 26.0 Å². The van der Waals surface area contributed by atoms with Crippen LogP contribution in [0.25, 0.3) is 11.1 Å². The van der Waals surface area contributed by atoms with E-state index in [1.807, 2.05) is 61.7 Å². The number of carboxylic acids is 1. The summed E-state index contributed by atoms with van der Waals surface area (Å²) < 4.78 is 59.4. The predicted molar refractivity (Wildman–Crippen MR) is 345 cm³/mol. The number of hydrogen-bond donors (Lipinski definition) is 10. The Kier molecular flexibility index (Phi) is 32.8. The molecule has 520 valence electrons. The van der Waals surface area contributed by atoms with Crippen molar-refractivity contribution in [2.75, 3.05) is 90.5 Å². The van der Waals surface area contributed by atoms with Gasteiger partial charge in [0, 0.05) is 67.4 Å². The Balaban J connectivity index is 1.16. The van der Waals surface area contributed by atoms with E-state index < -0.39 is 120 Å². The van der Waals surface area contributed by atoms with E-state index in [2.05, 4.69) is 31.9 Å². The van der Waals surface area contributed by atoms with Crippen molar-refractivity contribution < 1.29 is 90.9 Å². The molecule has 0 saturated carbocycles. The quantitative estimate of drug-likeness (QED) is 0.0223. The molecule has 30 heteroatoms. The minimum Gasteiger partial charge on any atom is -0.480 e. The summed E-state index contributed by atoms with van der Waals surface area (Å²) in [5.41, 5.74) is 7.13. The first-order valence-corrected chi connectivity index (χ1v) is 32.1. The lowest BCUT2D eigenvalue weighted by Gasteiger charge is -2.41. The minimum absolute atomic E-state index is 0.0285. The topological polar surface area (TPSA) is 370 Å². The highest BCUT2D eigenvalue weighted by atomic mass is 32.2. The average molecular weight is 1350 g/mol. The number of nitrogens with one attached hydrogen (secondary N) is 6. The smallest absolute Gasteiger partial charge is 0.327 e. The van der Waals surface area contributed by atoms with Crippen LogP contribution in [0.1, 0.15) is 76.7 Å². The summed E-state index contributed by atoms with van der Waals surface area (Å²) in [5, 5.41) is 45.5. The van der Waals surface area contributed by atoms with E-state index in [9.17, 15) is 62.9 Å². The number of nitrogens with zero attached hydrogens (tertiary/aromatic N) is 3. The van der Waals surface area contributed by atoms with Gasteiger partial charge in [-0.1, -0.05) is 81.4 Å². The first-order chi connectivity index (χ1) is 45.3. The number of halogens is 2. The number of amides is 8. The van der Waals surface area contributed by atoms with Gasteiger partial charge < -0.3 is 85.7 Å². The van der Waals surface area contributed by atoms with E-state index in [0.717, 1.165) is 46.0 Å². The Hall–Kier alpha value is -8.20. The van der Waals surface area contributed by atoms with Crippen LogP contribution < -0.4 is 37.6 Å². The Morgan fingerprint density at radius 2 is 1.36 bits per heavy atom. The number of thioether (sulfide) groups is 1. The van der Waals surface area contributed by atoms with Crippen LogP contribution in [-0.2, 0) is 80.0 Å². The molecule has 1 aliphatic heterocycles. The van der Waals surface area contributed by atoms with Gasteiger partial charge in [-0.2, -0.15) is 0 Å². The second-order valence-corrected chi connectivity index (χ2v) is 24.2. The van der Waals surface area contributed by atoms with Crippen molar-refractivity contribution in [1.29, 1.82) is 0 Å². The largest absolute Gasteiger partial charge is 0.480 e. The molecule has 3 aromatic carbocycles. The van der Waals surface area contributed by atoms with Crippen molar-refractivity contribution in [3.05, 3.63) is 132 Å². The van der Waals surface area contributed by atoms with Crippen LogP contribution in [0.4, 0.5) is 8.78 Å². The molecule has 1 aliphatic rings. The van der Waals surface area contributed by atoms with Crippen molar-refractivity contribution in [3.63, 3.8) is 0 Å². The van der Waals surface area contributed by atoms with Crippen LogP contribution in [0.5, 0.6) is 0 Å². The Morgan fingerprint density at radius 1 is 0.737 bits per heavy atom. The number of hydrogen-bond acceptors (Lipinski definition) is 18. The molecule has 4 aromatic rings. The lowest BCUT2D eigenvalue weighted by atomic mass is 9.83. The predicted octanol–water partition coefficient (Wildman–Crippen LogP) is 1.83. The molecule has 95 heavy (non-hydrogen) atoms. The highest BCUT2D eigenvalue weighted by molar-refractivity contribution is 8.00. The highest BCUT2D eigenvalue weighted by Crippen LogP contribution is 2.41. The van der Waals surface area contributed by atoms with E-state index in [1.54, 1.807) is 41.4 Å². The molecule has 0 spiro atoms. The average Bonchev–Trinajstić information content (AvgIpc) is 1.67. The van der Waals surface area contributed by atoms with Gasteiger partial charge in [0.05, 0.1) is 83.7 Å². The van der Waals surface area contributed by atoms with Crippen molar-refractivity contribution in [1.82, 2.24) is 46.3 Å². The molecular weight excluding hydrogens is 1260 g/mol. The normalized spacial score (nSPS) is 14.9. The molecular formula is C65H88F2N10O17S. The van der Waals surface area contributed by atoms with Crippen molar-refractivity contribution in [3.8, 4) is 11.1 Å². The molecule has 0 saturated heterocycles. The number of carbonyl (C=O) groups is 9. The molecule has 0 fully saturated rings. The number of ether oxygens (including phenoxy) is 5. The zero-order valence-electron chi connectivity index (χ0n) is 53.9. The number of rotatable bonds is 44. The third-order valence-electron chi connectivity index (χ3n) is 14.4. The summed E-state index contributed by atoms with van der Waals surface area (Å²) in [6.45, 7) is 9.85. The fraction of sp³-hybridized carbons (Fsp3) is 0.492. The summed E-state index contributed by atoms with van der Waals surface area (Å²) in [6.07, 6.45) is 0.725. The fourth-order valence-electron chi connectivity index (χ4n) is 9.65. The van der Waals surface area contributed by atoms with Crippen LogP contribution in [0.3, 0.4) is 0 Å². The van der Waals surface area contributed by atoms with Gasteiger partial charge in [-0.15, -0.1) is 11.8 Å². The van der Waals surface area contributed by atoms with Gasteiger partial charge in [0.2, 0.25) is 53.7 Å². The molecule has 2 unspecified atom stereocenters. The van der Waals surface area contributed by atoms with E-state index in [0.29, 0.717) is 11.3 Å². The molecule has 5 rings (SSSR count). The monoisotopic (exact) mass is 1350 g/mol. The number of benzene rings is 3. The van der Waals surface area contributed by atoms with Gasteiger partial charge >= 0.3 is 5.97 Å². The number of aliphatic carboxylic acids is 1. The number of primary amides is 1. The van der Waals surface area contributed by atoms with E-state index in [-0.39, 0.29) is 122 Å². The fourth-order valence-corrected chi connectivity index (χ4v) is 10.6. The van der Waals surface area contributed by atoms with Gasteiger partial charge in [-0.05, 0) is 67.2 Å². The number of nitrogens with two attached hydrogens (primary N) is 1. The van der Waals surface area contributed by atoms with Crippen LogP contribution in [0.2, 0.25) is 0 Å². The molecule has 8 amide bonds. The van der Waals surface area contributed by atoms with Crippen molar-refractivity contribution in [2.24, 2.45) is 11.1 Å². The summed E-state index contributed by atoms with van der Waals surface area (Å²) >= 11 is 0.946. The van der Waals surface area contributed by atoms with Crippen molar-refractivity contribution >= 4 is 65.0 Å². The lowest BCUT2D eigenvalue weighted by Crippen LogP contribution is -2.56. The zero-order valence-corrected chi connectivity index (χ0v) is 54.7. The Labute approximate surface area is 554 Å². The molecule has 0 bridgehead atoms. The molecule has 1 aromatic heterocycles. The highest BCUT2D eigenvalue weighted by Gasteiger charge is 2.38. The summed E-state index contributed by atoms with van der Waals surface area (Å²) in [7, 11) is 0. The molecule has 2 heterocycles. The van der Waals surface area contributed by atoms with Gasteiger partial charge in [0.25, 0.3) is 0 Å². The minimum atomic E-state index is -1.54. The first kappa shape index (κ1) is 77.5. The molecule has 0 radical (unpaired) electrons. The number of aliphatic hydroxyl groups excluding tert-OH is 2. The molecule has 7 atom stereocenters. The van der Waals surface area contributed by atoms with Gasteiger partial charge in [0.15, 0.2) is 0 Å². The maximum Gasteiger partial charge on any atom is 0.327 e. The lowest BCUT2D eigenvalue weighted by molar-refractivity contribution is -0.144. The van der Waals surface area contributed by atoms with Crippen LogP contribution in [-0.4, -0.2) is 210 Å². The maximum absolute atomic E-state index is 15.6. The third kappa shape index (κ3) is 27.6. The first-order valence-electron chi connectivity index (χ1n) is 30.9. The zero-order chi connectivity index (χ0) is 69.5. The molecule has 0 aliphatic carbocycles. The standard InChI is InChI=1S/C65H88F2N10O17S/c1-42(71-60(84)43(2)72-64(89)94-39-45-15-10-7-11-16-45)61(85)74-50(35-53(68)78)62(86)70-22-12-24-76(59(65(3,4)5)52-33-46(48-34-47(66)17-18-49(48)67)37-75(52)36-44-13-8-6-9-14-44)58(83)41-95-40-51(63(87)88)73-54(79)21-25-90-27-29-92-31-32-93-30-28-91-26-23-69-55(80)38-77-56(81)19-20-57(77)82/h6-11,13-20,33-34,37,42-43,50-51,56,59,64,72,81,89H,12,21-32,35-36,38-41H2,1-5H3,(H2,68,78)(H,69,80)(H,70,86)(H,71,84)(H,73,79)(H,74,85)(H,87,88)/t42-,43-,50-,51-,56?,59-,64?/m0/s1. The maximum atomic E-state index is 15.6. The van der Waals surface area contributed by atoms with Gasteiger partial charge in [-0.25, -0.2) is 13.6 Å². The van der Waals surface area contributed by atoms with E-state index >= 15 is 4.39 Å². The van der Waals surface area contributed by atoms with Crippen LogP contribution in [0, 0.1) is 17.0 Å². The van der Waals surface area contributed by atoms with Gasteiger partial charge in [0.1, 0.15) is 42.5 Å².